The van der Waals surface area contributed by atoms with E-state index < -0.39 is 7.92 Å². The summed E-state index contributed by atoms with van der Waals surface area (Å²) in [6, 6.07) is 32.5. The third-order valence-electron chi connectivity index (χ3n) is 3.19. The zero-order valence-electron chi connectivity index (χ0n) is 13.9. The van der Waals surface area contributed by atoms with Crippen LogP contribution in [0.3, 0.4) is 0 Å². The first kappa shape index (κ1) is 25.8. The van der Waals surface area contributed by atoms with Crippen molar-refractivity contribution in [1.29, 1.82) is 0 Å². The summed E-state index contributed by atoms with van der Waals surface area (Å²) < 4.78 is 0. The van der Waals surface area contributed by atoms with Crippen LogP contribution < -0.4 is 15.9 Å². The molecule has 0 heterocycles. The van der Waals surface area contributed by atoms with Crippen LogP contribution in [0.15, 0.2) is 91.0 Å². The van der Waals surface area contributed by atoms with Crippen molar-refractivity contribution >= 4 is 44.2 Å². The smallest absolute Gasteiger partial charge is 0.545 e. The molecule has 0 aliphatic heterocycles. The molecule has 135 valence electrons. The van der Waals surface area contributed by atoms with Crippen LogP contribution in [0, 0.1) is 0 Å². The van der Waals surface area contributed by atoms with Crippen LogP contribution in [0.1, 0.15) is 0 Å². The zero-order chi connectivity index (χ0) is 18.9. The maximum Gasteiger partial charge on any atom is 3.00 e. The van der Waals surface area contributed by atoms with Gasteiger partial charge in [0.05, 0.1) is 7.92 Å². The third kappa shape index (κ3) is 8.11. The Morgan fingerprint density at radius 2 is 0.615 bits per heavy atom. The Bertz CT molecular complexity index is 583. The summed E-state index contributed by atoms with van der Waals surface area (Å²) in [5.41, 5.74) is 0. The van der Waals surface area contributed by atoms with Gasteiger partial charge in [-0.1, -0.05) is 54.6 Å². The van der Waals surface area contributed by atoms with E-state index in [2.05, 4.69) is 111 Å². The second-order valence-electron chi connectivity index (χ2n) is 4.47. The molecule has 0 saturated heterocycles. The zero-order valence-corrected chi connectivity index (χ0v) is 15.9. The Morgan fingerprint density at radius 1 is 0.423 bits per heavy atom. The minimum absolute atomic E-state index is 0. The van der Waals surface area contributed by atoms with Crippen molar-refractivity contribution in [2.24, 2.45) is 0 Å². The summed E-state index contributed by atoms with van der Waals surface area (Å²) in [6.45, 7) is 9.75. The van der Waals surface area contributed by atoms with Crippen molar-refractivity contribution in [1.82, 2.24) is 0 Å². The predicted octanol–water partition coefficient (Wildman–Crippen LogP) is 2.35. The first-order valence-electron chi connectivity index (χ1n) is 7.19. The van der Waals surface area contributed by atoms with E-state index >= 15 is 0 Å². The van der Waals surface area contributed by atoms with Crippen LogP contribution in [0.4, 0.5) is 0 Å². The molecule has 3 rings (SSSR count). The van der Waals surface area contributed by atoms with E-state index in [1.165, 1.54) is 15.9 Å². The maximum absolute atomic E-state index is 7.75. The fraction of sp³-hybridized carbons (Fsp3) is 0. The summed E-state index contributed by atoms with van der Waals surface area (Å²) in [5.74, 6) is 0. The van der Waals surface area contributed by atoms with Crippen molar-refractivity contribution < 1.29 is 30.9 Å². The van der Waals surface area contributed by atoms with Gasteiger partial charge >= 0.3 is 16.5 Å². The van der Waals surface area contributed by atoms with Crippen molar-refractivity contribution in [2.75, 3.05) is 0 Å². The number of carbonyl (C=O) groups excluding carboxylic acids is 3. The molecule has 0 aliphatic rings. The SMILES string of the molecule is [CH-]=O.[CH-]=O.[CH-]=O.[Ni+3].c1ccc([PH+](c2ccccc2)c2ccccc2)cc1. The summed E-state index contributed by atoms with van der Waals surface area (Å²) in [4.78, 5) is 23.2. The van der Waals surface area contributed by atoms with E-state index in [4.69, 9.17) is 14.4 Å². The van der Waals surface area contributed by atoms with Crippen LogP contribution in [-0.2, 0) is 30.9 Å². The van der Waals surface area contributed by atoms with Gasteiger partial charge in [-0.15, -0.1) is 0 Å². The molecule has 0 saturated carbocycles. The molecule has 3 aromatic carbocycles. The third-order valence-corrected chi connectivity index (χ3v) is 5.92. The van der Waals surface area contributed by atoms with Gasteiger partial charge in [-0.3, -0.25) is 20.4 Å². The Balaban J connectivity index is 0. The van der Waals surface area contributed by atoms with Crippen molar-refractivity contribution in [3.63, 3.8) is 0 Å². The molecule has 0 aromatic heterocycles. The molecule has 0 fully saturated rings. The number of rotatable bonds is 3. The first-order chi connectivity index (χ1) is 12.4. The average Bonchev–Trinajstić information content (AvgIpc) is 2.75. The van der Waals surface area contributed by atoms with E-state index in [0.29, 0.717) is 0 Å². The summed E-state index contributed by atoms with van der Waals surface area (Å²) in [7, 11) is -0.877. The molecular weight excluding hydrogens is 390 g/mol. The molecular formula is C21H19NiO3P+. The topological polar surface area (TPSA) is 51.2 Å². The van der Waals surface area contributed by atoms with Crippen molar-refractivity contribution in [2.45, 2.75) is 0 Å². The monoisotopic (exact) mass is 408 g/mol. The van der Waals surface area contributed by atoms with Crippen LogP contribution in [0.2, 0.25) is 0 Å². The largest absolute Gasteiger partial charge is 3.00 e. The molecule has 0 unspecified atom stereocenters. The number of benzene rings is 3. The summed E-state index contributed by atoms with van der Waals surface area (Å²) >= 11 is 0. The number of hydrogen-bond acceptors (Lipinski definition) is 3. The van der Waals surface area contributed by atoms with Crippen LogP contribution >= 0.6 is 7.92 Å². The Morgan fingerprint density at radius 3 is 0.808 bits per heavy atom. The molecule has 0 atom stereocenters. The van der Waals surface area contributed by atoms with E-state index in [1.54, 1.807) is 0 Å². The van der Waals surface area contributed by atoms with Gasteiger partial charge in [0.2, 0.25) is 0 Å². The first-order valence-corrected chi connectivity index (χ1v) is 8.69. The normalized spacial score (nSPS) is 8.19. The van der Waals surface area contributed by atoms with Gasteiger partial charge in [0.25, 0.3) is 0 Å². The Kier molecular flexibility index (Phi) is 17.3. The molecule has 0 aliphatic carbocycles. The van der Waals surface area contributed by atoms with Gasteiger partial charge in [0.15, 0.2) is 0 Å². The van der Waals surface area contributed by atoms with Crippen molar-refractivity contribution in [3.05, 3.63) is 91.0 Å². The van der Waals surface area contributed by atoms with Crippen LogP contribution in [0.5, 0.6) is 0 Å². The second-order valence-corrected chi connectivity index (χ2v) is 6.96. The molecule has 0 bridgehead atoms. The fourth-order valence-electron chi connectivity index (χ4n) is 2.31. The van der Waals surface area contributed by atoms with E-state index in [1.807, 2.05) is 0 Å². The average molecular weight is 409 g/mol. The molecule has 26 heavy (non-hydrogen) atoms. The van der Waals surface area contributed by atoms with Gasteiger partial charge in [-0.2, -0.15) is 0 Å². The molecule has 5 heteroatoms. The van der Waals surface area contributed by atoms with Gasteiger partial charge in [0, 0.05) is 0 Å². The summed E-state index contributed by atoms with van der Waals surface area (Å²) in [6.07, 6.45) is 0. The number of hydrogen-bond donors (Lipinski definition) is 0. The van der Waals surface area contributed by atoms with E-state index in [0.717, 1.165) is 0 Å². The quantitative estimate of drug-likeness (QED) is 0.289. The fourth-order valence-corrected chi connectivity index (χ4v) is 4.89. The van der Waals surface area contributed by atoms with Gasteiger partial charge in [0.1, 0.15) is 15.9 Å². The standard InChI is InChI=1S/C18H15P.3CHO.Ni/c1-4-10-16(11-5-1)19(17-12-6-2-7-13-17)18-14-8-3-9-15-18;3*1-2;/h1-15H;3*1H;/q;3*-1;+3/p+1. The molecule has 0 amide bonds. The molecule has 0 N–H and O–H groups in total. The second kappa shape index (κ2) is 17.4. The van der Waals surface area contributed by atoms with Gasteiger partial charge in [-0.25, -0.2) is 0 Å². The van der Waals surface area contributed by atoms with Crippen LogP contribution in [-0.4, -0.2) is 20.4 Å². The van der Waals surface area contributed by atoms with Gasteiger partial charge in [-0.05, 0) is 36.4 Å². The van der Waals surface area contributed by atoms with Crippen molar-refractivity contribution in [3.8, 4) is 0 Å². The predicted molar refractivity (Wildman–Crippen MR) is 107 cm³/mol. The van der Waals surface area contributed by atoms with E-state index in [-0.39, 0.29) is 16.5 Å². The molecule has 3 aromatic rings. The van der Waals surface area contributed by atoms with Crippen LogP contribution in [0.25, 0.3) is 0 Å². The van der Waals surface area contributed by atoms with Gasteiger partial charge < -0.3 is 14.4 Å². The maximum atomic E-state index is 7.75. The molecule has 3 nitrogen and oxygen atoms in total. The Labute approximate surface area is 166 Å². The minimum Gasteiger partial charge on any atom is -0.545 e. The summed E-state index contributed by atoms with van der Waals surface area (Å²) in [5, 5.41) is 4.31. The minimum atomic E-state index is -0.877. The molecule has 1 radical (unpaired) electrons. The molecule has 0 spiro atoms. The van der Waals surface area contributed by atoms with E-state index in [9.17, 15) is 0 Å². The Hall–Kier alpha value is -2.41.